The minimum absolute atomic E-state index is 0.0224. The van der Waals surface area contributed by atoms with E-state index in [9.17, 15) is 28.8 Å². The van der Waals surface area contributed by atoms with Gasteiger partial charge in [-0.25, -0.2) is 9.78 Å². The van der Waals surface area contributed by atoms with E-state index in [2.05, 4.69) is 16.0 Å². The third kappa shape index (κ3) is 17.5. The van der Waals surface area contributed by atoms with Crippen LogP contribution >= 0.6 is 11.6 Å². The van der Waals surface area contributed by atoms with Crippen molar-refractivity contribution in [1.82, 2.24) is 35.1 Å². The third-order valence-electron chi connectivity index (χ3n) is 16.0. The molecule has 1 aliphatic heterocycles. The number of hydrogen-bond donors (Lipinski definition) is 4. The molecule has 9 atom stereocenters. The Morgan fingerprint density at radius 2 is 1.56 bits per heavy atom. The number of nitrogens with one attached hydrogen (secondary N) is 3. The Morgan fingerprint density at radius 1 is 0.869 bits per heavy atom. The lowest BCUT2D eigenvalue weighted by atomic mass is 9.87. The highest BCUT2D eigenvalue weighted by molar-refractivity contribution is 6.32. The largest absolute Gasteiger partial charge is 0.489 e. The number of ether oxygens (including phenoxy) is 4. The van der Waals surface area contributed by atoms with Gasteiger partial charge in [-0.05, 0) is 114 Å². The summed E-state index contributed by atoms with van der Waals surface area (Å²) in [4.78, 5) is 92.6. The molecule has 6 rings (SSSR count). The van der Waals surface area contributed by atoms with Crippen molar-refractivity contribution in [3.8, 4) is 17.0 Å². The van der Waals surface area contributed by atoms with Gasteiger partial charge in [-0.15, -0.1) is 0 Å². The van der Waals surface area contributed by atoms with E-state index in [0.29, 0.717) is 42.1 Å². The van der Waals surface area contributed by atoms with E-state index in [4.69, 9.17) is 41.3 Å². The van der Waals surface area contributed by atoms with Gasteiger partial charge in [0.05, 0.1) is 65.6 Å². The van der Waals surface area contributed by atoms with Gasteiger partial charge in [-0.3, -0.25) is 34.2 Å². The summed E-state index contributed by atoms with van der Waals surface area (Å²) < 4.78 is 26.1. The number of benzene rings is 3. The summed E-state index contributed by atoms with van der Waals surface area (Å²) >= 11 is 6.57. The number of nitrogens with two attached hydrogens (primary N) is 1. The molecule has 0 saturated carbocycles. The molecule has 3 heterocycles. The summed E-state index contributed by atoms with van der Waals surface area (Å²) in [6.07, 6.45) is 5.12. The zero-order valence-corrected chi connectivity index (χ0v) is 52.0. The second kappa shape index (κ2) is 30.4. The number of aromatic nitrogens is 2. The van der Waals surface area contributed by atoms with Gasteiger partial charge in [0.1, 0.15) is 17.4 Å². The van der Waals surface area contributed by atoms with Crippen LogP contribution in [0.4, 0.5) is 0 Å². The summed E-state index contributed by atoms with van der Waals surface area (Å²) in [5.41, 5.74) is 10.5. The Kier molecular flexibility index (Phi) is 24.0. The van der Waals surface area contributed by atoms with E-state index in [1.807, 2.05) is 144 Å². The van der Waals surface area contributed by atoms with Crippen LogP contribution in [0.2, 0.25) is 5.02 Å². The van der Waals surface area contributed by atoms with Crippen LogP contribution in [-0.2, 0) is 51.0 Å². The molecule has 18 nitrogen and oxygen atoms in total. The van der Waals surface area contributed by atoms with Gasteiger partial charge in [-0.1, -0.05) is 113 Å². The number of imide groups is 1. The molecule has 5 aromatic rings. The second-order valence-electron chi connectivity index (χ2n) is 23.7. The van der Waals surface area contributed by atoms with Gasteiger partial charge in [0, 0.05) is 69.2 Å². The van der Waals surface area contributed by atoms with Crippen LogP contribution < -0.4 is 26.4 Å². The molecule has 0 bridgehead atoms. The normalized spacial score (nSPS) is 16.6. The van der Waals surface area contributed by atoms with Crippen LogP contribution in [0.15, 0.2) is 97.3 Å². The number of amides is 5. The van der Waals surface area contributed by atoms with Gasteiger partial charge in [0.15, 0.2) is 0 Å². The molecule has 0 unspecified atom stereocenters. The van der Waals surface area contributed by atoms with E-state index in [-0.39, 0.29) is 55.6 Å². The number of likely N-dealkylation sites (tertiary alicyclic amines) is 1. The first kappa shape index (κ1) is 66.4. The molecule has 1 fully saturated rings. The SMILES string of the molecule is CC[C@H](C)[C@@H]([C@@H](CC(=O)N1CCC[C@H]1[C@H](OC)[C@@H](C)C(=O)N[C@@H](Cc1ccccc1)C(=O)OCC[C@H](Cc1ccc(-c2cn3cccc(C)c3n2)cc1)NC(=O)c1ccc(OC(C)C)c(Cl)c1)OC)N(C)[C@H](C(=O)NC(=O)C(C)(C)N)C(C)C. The number of imidazole rings is 1. The average Bonchev–Trinajstić information content (AvgIpc) is 4.30. The van der Waals surface area contributed by atoms with E-state index in [1.54, 1.807) is 37.1 Å². The van der Waals surface area contributed by atoms with Crippen molar-refractivity contribution in [2.45, 2.75) is 168 Å². The highest BCUT2D eigenvalue weighted by Crippen LogP contribution is 2.32. The zero-order valence-electron chi connectivity index (χ0n) is 51.3. The third-order valence-corrected chi connectivity index (χ3v) is 16.3. The summed E-state index contributed by atoms with van der Waals surface area (Å²) in [5.74, 6) is -3.38. The van der Waals surface area contributed by atoms with Crippen LogP contribution in [0, 0.1) is 24.7 Å². The van der Waals surface area contributed by atoms with Gasteiger partial charge in [0.25, 0.3) is 5.91 Å². The van der Waals surface area contributed by atoms with Crippen LogP contribution in [0.1, 0.15) is 121 Å². The Bertz CT molecular complexity index is 3020. The molecule has 1 aliphatic rings. The Labute approximate surface area is 501 Å². The van der Waals surface area contributed by atoms with Crippen molar-refractivity contribution in [2.24, 2.45) is 23.5 Å². The lowest BCUT2D eigenvalue weighted by Crippen LogP contribution is -2.60. The van der Waals surface area contributed by atoms with Crippen molar-refractivity contribution >= 4 is 52.8 Å². The van der Waals surface area contributed by atoms with Crippen molar-refractivity contribution < 1.29 is 47.7 Å². The van der Waals surface area contributed by atoms with Crippen LogP contribution in [0.5, 0.6) is 5.75 Å². The highest BCUT2D eigenvalue weighted by Gasteiger charge is 2.44. The number of methoxy groups -OCH3 is 2. The Hall–Kier alpha value is -6.70. The summed E-state index contributed by atoms with van der Waals surface area (Å²) in [7, 11) is 4.89. The molecule has 2 aromatic heterocycles. The number of fused-ring (bicyclic) bond motifs is 1. The standard InChI is InChI=1S/C65H89ClN8O10/c1-14-41(6)57(72(11)56(39(2)3)62(78)71-64(80)65(9,10)67)54(81-12)37-55(75)74-32-19-23-52(74)58(82-13)43(8)60(76)70-50(35-44-21-16-15-17-22-44)63(79)83-33-30-48(68-61(77)47-28-29-53(49(66)36-47)84-40(4)5)34-45-24-26-46(27-25-45)51-38-73-31-18-20-42(7)59(73)69-51/h15-18,20-22,24-29,31,36,38-41,43,48,50,52,54,56-58H,14,19,23,30,32-35,37,67H2,1-13H3,(H,68,77)(H,70,76)(H,71,78,80)/t41-,43+,48+,50-,52-,54+,56-,57-,58+/m0/s1. The second-order valence-corrected chi connectivity index (χ2v) is 24.1. The topological polar surface area (TPSA) is 225 Å². The van der Waals surface area contributed by atoms with E-state index in [1.165, 1.54) is 21.0 Å². The summed E-state index contributed by atoms with van der Waals surface area (Å²) in [6.45, 7) is 18.8. The van der Waals surface area contributed by atoms with Gasteiger partial charge in [0.2, 0.25) is 23.6 Å². The van der Waals surface area contributed by atoms with Gasteiger partial charge < -0.3 is 44.6 Å². The fourth-order valence-electron chi connectivity index (χ4n) is 11.3. The minimum Gasteiger partial charge on any atom is -0.489 e. The maximum Gasteiger partial charge on any atom is 0.328 e. The number of nitrogens with zero attached hydrogens (tertiary/aromatic N) is 4. The first-order valence-electron chi connectivity index (χ1n) is 29.4. The summed E-state index contributed by atoms with van der Waals surface area (Å²) in [6, 6.07) is 22.9. The lowest BCUT2D eigenvalue weighted by molar-refractivity contribution is -0.149. The van der Waals surface area contributed by atoms with Gasteiger partial charge in [-0.2, -0.15) is 0 Å². The van der Waals surface area contributed by atoms with Crippen molar-refractivity contribution in [1.29, 1.82) is 0 Å². The fraction of sp³-hybridized carbons (Fsp3) is 0.523. The molecule has 3 aromatic carbocycles. The summed E-state index contributed by atoms with van der Waals surface area (Å²) in [5, 5.41) is 8.93. The van der Waals surface area contributed by atoms with Crippen molar-refractivity contribution in [3.05, 3.63) is 125 Å². The lowest BCUT2D eigenvalue weighted by Gasteiger charge is -2.43. The molecule has 0 aliphatic carbocycles. The average molecular weight is 1180 g/mol. The number of halogens is 1. The Balaban J connectivity index is 1.16. The monoisotopic (exact) mass is 1180 g/mol. The number of hydrogen-bond acceptors (Lipinski definition) is 13. The number of likely N-dealkylation sites (N-methyl/N-ethyl adjacent to an activating group) is 1. The number of rotatable bonds is 29. The molecule has 1 saturated heterocycles. The number of carbonyl (C=O) groups is 6. The van der Waals surface area contributed by atoms with E-state index in [0.717, 1.165) is 40.0 Å². The predicted molar refractivity (Wildman–Crippen MR) is 326 cm³/mol. The fourth-order valence-corrected chi connectivity index (χ4v) is 11.5. The van der Waals surface area contributed by atoms with Gasteiger partial charge >= 0.3 is 5.97 Å². The van der Waals surface area contributed by atoms with Crippen LogP contribution in [0.3, 0.4) is 0 Å². The smallest absolute Gasteiger partial charge is 0.328 e. The Morgan fingerprint density at radius 3 is 2.17 bits per heavy atom. The van der Waals surface area contributed by atoms with Crippen molar-refractivity contribution in [2.75, 3.05) is 34.4 Å². The minimum atomic E-state index is -1.27. The maximum atomic E-state index is 14.6. The molecule has 5 N–H and O–H groups in total. The molecular weight excluding hydrogens is 1090 g/mol. The molecule has 0 spiro atoms. The zero-order chi connectivity index (χ0) is 61.6. The maximum absolute atomic E-state index is 14.6. The number of esters is 1. The number of carbonyl (C=O) groups excluding carboxylic acids is 6. The molecule has 84 heavy (non-hydrogen) atoms. The highest BCUT2D eigenvalue weighted by atomic mass is 35.5. The molecule has 19 heteroatoms. The molecule has 456 valence electrons. The first-order valence-corrected chi connectivity index (χ1v) is 29.8. The van der Waals surface area contributed by atoms with E-state index >= 15 is 0 Å². The quantitative estimate of drug-likeness (QED) is 0.0330. The van der Waals surface area contributed by atoms with Crippen LogP contribution in [0.25, 0.3) is 16.9 Å². The first-order chi connectivity index (χ1) is 39.8. The molecular formula is C65H89ClN8O10. The van der Waals surface area contributed by atoms with Crippen LogP contribution in [-0.4, -0.2) is 143 Å². The molecule has 5 amide bonds. The van der Waals surface area contributed by atoms with E-state index < -0.39 is 77.6 Å². The number of pyridine rings is 1. The number of aryl methyl sites for hydroxylation is 1. The predicted octanol–water partition coefficient (Wildman–Crippen LogP) is 8.55. The van der Waals surface area contributed by atoms with Crippen molar-refractivity contribution in [3.63, 3.8) is 0 Å². The molecule has 0 radical (unpaired) electrons.